The lowest BCUT2D eigenvalue weighted by Gasteiger charge is -2.31. The van der Waals surface area contributed by atoms with Crippen LogP contribution in [0.1, 0.15) is 26.7 Å². The quantitative estimate of drug-likeness (QED) is 0.516. The smallest absolute Gasteiger partial charge is 0.309 e. The third-order valence-electron chi connectivity index (χ3n) is 3.52. The Kier molecular flexibility index (Phi) is 1.85. The zero-order valence-electron chi connectivity index (χ0n) is 7.75. The van der Waals surface area contributed by atoms with Crippen LogP contribution in [0.4, 0.5) is 0 Å². The van der Waals surface area contributed by atoms with E-state index < -0.39 is 0 Å². The van der Waals surface area contributed by atoms with Crippen molar-refractivity contribution in [1.82, 2.24) is 0 Å². The normalized spacial score (nSPS) is 47.0. The van der Waals surface area contributed by atoms with Crippen molar-refractivity contribution >= 4 is 5.97 Å². The Morgan fingerprint density at radius 3 is 2.67 bits per heavy atom. The van der Waals surface area contributed by atoms with E-state index in [4.69, 9.17) is 4.74 Å². The van der Waals surface area contributed by atoms with Gasteiger partial charge in [-0.1, -0.05) is 13.8 Å². The van der Waals surface area contributed by atoms with E-state index in [0.29, 0.717) is 24.4 Å². The minimum atomic E-state index is 0.0584. The van der Waals surface area contributed by atoms with Crippen LogP contribution < -0.4 is 0 Å². The first-order valence-electron chi connectivity index (χ1n) is 4.87. The molecule has 4 atom stereocenters. The summed E-state index contributed by atoms with van der Waals surface area (Å²) in [6.45, 7) is 5.01. The van der Waals surface area contributed by atoms with Crippen LogP contribution in [0.3, 0.4) is 0 Å². The Morgan fingerprint density at radius 1 is 1.25 bits per heavy atom. The fourth-order valence-electron chi connectivity index (χ4n) is 2.72. The highest BCUT2D eigenvalue weighted by Gasteiger charge is 2.45. The summed E-state index contributed by atoms with van der Waals surface area (Å²) in [5, 5.41) is 0. The van der Waals surface area contributed by atoms with E-state index in [1.165, 1.54) is 12.8 Å². The van der Waals surface area contributed by atoms with Gasteiger partial charge in [-0.15, -0.1) is 0 Å². The minimum absolute atomic E-state index is 0.0584. The molecule has 0 amide bonds. The van der Waals surface area contributed by atoms with Gasteiger partial charge in [-0.2, -0.15) is 0 Å². The first-order valence-corrected chi connectivity index (χ1v) is 4.87. The largest absolute Gasteiger partial charge is 0.465 e. The second-order valence-electron chi connectivity index (χ2n) is 4.35. The average Bonchev–Trinajstić information content (AvgIpc) is 2.42. The first kappa shape index (κ1) is 8.09. The fourth-order valence-corrected chi connectivity index (χ4v) is 2.72. The Morgan fingerprint density at radius 2 is 2.00 bits per heavy atom. The monoisotopic (exact) mass is 168 g/mol. The summed E-state index contributed by atoms with van der Waals surface area (Å²) in [7, 11) is 0. The van der Waals surface area contributed by atoms with Crippen molar-refractivity contribution in [3.05, 3.63) is 0 Å². The van der Waals surface area contributed by atoms with Crippen molar-refractivity contribution in [2.45, 2.75) is 26.7 Å². The van der Waals surface area contributed by atoms with Gasteiger partial charge in [-0.05, 0) is 30.6 Å². The molecule has 1 aliphatic carbocycles. The summed E-state index contributed by atoms with van der Waals surface area (Å²) in [4.78, 5) is 11.4. The molecule has 1 aliphatic heterocycles. The van der Waals surface area contributed by atoms with Gasteiger partial charge in [0.1, 0.15) is 0 Å². The Hall–Kier alpha value is -0.530. The van der Waals surface area contributed by atoms with Crippen LogP contribution in [0.2, 0.25) is 0 Å². The highest BCUT2D eigenvalue weighted by atomic mass is 16.5. The van der Waals surface area contributed by atoms with Gasteiger partial charge < -0.3 is 4.74 Å². The molecule has 1 saturated heterocycles. The van der Waals surface area contributed by atoms with E-state index in [1.807, 2.05) is 0 Å². The lowest BCUT2D eigenvalue weighted by molar-refractivity contribution is -0.160. The van der Waals surface area contributed by atoms with Crippen LogP contribution >= 0.6 is 0 Å². The Labute approximate surface area is 73.3 Å². The van der Waals surface area contributed by atoms with Gasteiger partial charge in [-0.3, -0.25) is 4.79 Å². The van der Waals surface area contributed by atoms with Crippen LogP contribution in [0.15, 0.2) is 0 Å². The van der Waals surface area contributed by atoms with Crippen LogP contribution in [-0.4, -0.2) is 12.6 Å². The second kappa shape index (κ2) is 2.75. The topological polar surface area (TPSA) is 26.3 Å². The van der Waals surface area contributed by atoms with Crippen molar-refractivity contribution in [2.24, 2.45) is 23.7 Å². The summed E-state index contributed by atoms with van der Waals surface area (Å²) < 4.78 is 5.14. The summed E-state index contributed by atoms with van der Waals surface area (Å²) in [6, 6.07) is 0. The highest BCUT2D eigenvalue weighted by molar-refractivity contribution is 5.74. The summed E-state index contributed by atoms with van der Waals surface area (Å²) >= 11 is 0. The molecule has 0 aromatic rings. The Balaban J connectivity index is 2.18. The van der Waals surface area contributed by atoms with Crippen LogP contribution in [0.5, 0.6) is 0 Å². The molecule has 0 unspecified atom stereocenters. The average molecular weight is 168 g/mol. The first-order chi connectivity index (χ1) is 5.70. The van der Waals surface area contributed by atoms with Crippen molar-refractivity contribution in [2.75, 3.05) is 6.61 Å². The predicted molar refractivity (Wildman–Crippen MR) is 45.5 cm³/mol. The number of fused-ring (bicyclic) bond motifs is 1. The van der Waals surface area contributed by atoms with Crippen molar-refractivity contribution in [3.63, 3.8) is 0 Å². The van der Waals surface area contributed by atoms with Crippen molar-refractivity contribution in [3.8, 4) is 0 Å². The number of ether oxygens (including phenoxy) is 1. The maximum absolute atomic E-state index is 11.4. The summed E-state index contributed by atoms with van der Waals surface area (Å²) in [5.41, 5.74) is 0. The molecule has 1 heterocycles. The molecule has 1 saturated carbocycles. The van der Waals surface area contributed by atoms with Crippen LogP contribution in [-0.2, 0) is 9.53 Å². The zero-order valence-corrected chi connectivity index (χ0v) is 7.75. The van der Waals surface area contributed by atoms with Gasteiger partial charge >= 0.3 is 5.97 Å². The standard InChI is InChI=1S/C10H16O2/c1-6-3-4-8-7(2)5-12-10(11)9(6)8/h6-9H,3-5H2,1-2H3/t6-,7+,8-,9-/m1/s1. The van der Waals surface area contributed by atoms with Gasteiger partial charge in [-0.25, -0.2) is 0 Å². The molecule has 0 aromatic carbocycles. The SMILES string of the molecule is C[C@@H]1CC[C@H]2[C@@H]1C(=O)OC[C@@H]2C. The third kappa shape index (κ3) is 1.05. The molecule has 0 N–H and O–H groups in total. The van der Waals surface area contributed by atoms with E-state index in [2.05, 4.69) is 13.8 Å². The summed E-state index contributed by atoms with van der Waals surface area (Å²) in [6.07, 6.45) is 2.43. The van der Waals surface area contributed by atoms with Crippen molar-refractivity contribution < 1.29 is 9.53 Å². The fraction of sp³-hybridized carbons (Fsp3) is 0.900. The molecule has 12 heavy (non-hydrogen) atoms. The Bertz CT molecular complexity index is 200. The van der Waals surface area contributed by atoms with Crippen molar-refractivity contribution in [1.29, 1.82) is 0 Å². The molecule has 0 aromatic heterocycles. The van der Waals surface area contributed by atoms with Crippen LogP contribution in [0.25, 0.3) is 0 Å². The molecule has 2 heteroatoms. The number of esters is 1. The molecule has 0 radical (unpaired) electrons. The molecule has 2 rings (SSSR count). The van der Waals surface area contributed by atoms with Gasteiger partial charge in [0.15, 0.2) is 0 Å². The number of cyclic esters (lactones) is 1. The molecular weight excluding hydrogens is 152 g/mol. The lowest BCUT2D eigenvalue weighted by Crippen LogP contribution is -2.37. The van der Waals surface area contributed by atoms with E-state index in [9.17, 15) is 4.79 Å². The second-order valence-corrected chi connectivity index (χ2v) is 4.35. The maximum Gasteiger partial charge on any atom is 0.309 e. The minimum Gasteiger partial charge on any atom is -0.465 e. The van der Waals surface area contributed by atoms with Gasteiger partial charge in [0.05, 0.1) is 12.5 Å². The van der Waals surface area contributed by atoms with Gasteiger partial charge in [0.2, 0.25) is 0 Å². The molecule has 2 aliphatic rings. The van der Waals surface area contributed by atoms with Crippen LogP contribution in [0, 0.1) is 23.7 Å². The number of carbonyl (C=O) groups excluding carboxylic acids is 1. The van der Waals surface area contributed by atoms with E-state index in [0.717, 1.165) is 0 Å². The third-order valence-corrected chi connectivity index (χ3v) is 3.52. The molecule has 0 spiro atoms. The van der Waals surface area contributed by atoms with E-state index >= 15 is 0 Å². The maximum atomic E-state index is 11.4. The number of carbonyl (C=O) groups is 1. The predicted octanol–water partition coefficient (Wildman–Crippen LogP) is 1.84. The number of rotatable bonds is 0. The van der Waals surface area contributed by atoms with Gasteiger partial charge in [0, 0.05) is 0 Å². The molecule has 2 fully saturated rings. The van der Waals surface area contributed by atoms with Gasteiger partial charge in [0.25, 0.3) is 0 Å². The number of hydrogen-bond donors (Lipinski definition) is 0. The molecule has 68 valence electrons. The molecule has 2 nitrogen and oxygen atoms in total. The van der Waals surface area contributed by atoms with E-state index in [1.54, 1.807) is 0 Å². The lowest BCUT2D eigenvalue weighted by atomic mass is 9.81. The molecular formula is C10H16O2. The highest BCUT2D eigenvalue weighted by Crippen LogP contribution is 2.44. The molecule has 0 bridgehead atoms. The summed E-state index contributed by atoms with van der Waals surface area (Å²) in [5.74, 6) is 2.01. The zero-order chi connectivity index (χ0) is 8.72. The van der Waals surface area contributed by atoms with E-state index in [-0.39, 0.29) is 11.9 Å². The number of hydrogen-bond acceptors (Lipinski definition) is 2.